The fourth-order valence-electron chi connectivity index (χ4n) is 3.52. The highest BCUT2D eigenvalue weighted by Gasteiger charge is 2.10. The third-order valence-electron chi connectivity index (χ3n) is 5.70. The Kier molecular flexibility index (Phi) is 12.6. The average molecular weight is 469 g/mol. The number of hydrogen-bond donors (Lipinski definition) is 2. The van der Waals surface area contributed by atoms with Crippen molar-refractivity contribution >= 4 is 28.8 Å². The minimum absolute atomic E-state index is 0.140. The predicted octanol–water partition coefficient (Wildman–Crippen LogP) is 7.44. The van der Waals surface area contributed by atoms with Crippen molar-refractivity contribution in [3.05, 3.63) is 59.2 Å². The highest BCUT2D eigenvalue weighted by molar-refractivity contribution is 7.80. The van der Waals surface area contributed by atoms with Gasteiger partial charge in [-0.15, -0.1) is 0 Å². The largest absolute Gasteiger partial charge is 0.494 e. The first-order valence-electron chi connectivity index (χ1n) is 12.5. The van der Waals surface area contributed by atoms with E-state index in [1.165, 1.54) is 38.5 Å². The maximum atomic E-state index is 12.8. The number of thiocarbonyl (C=S) groups is 1. The van der Waals surface area contributed by atoms with Crippen LogP contribution in [0.5, 0.6) is 5.75 Å². The predicted molar refractivity (Wildman–Crippen MR) is 144 cm³/mol. The van der Waals surface area contributed by atoms with Gasteiger partial charge in [-0.1, -0.05) is 83.1 Å². The van der Waals surface area contributed by atoms with Gasteiger partial charge in [0.15, 0.2) is 0 Å². The number of anilines is 1. The summed E-state index contributed by atoms with van der Waals surface area (Å²) < 4.78 is 5.84. The lowest BCUT2D eigenvalue weighted by molar-refractivity contribution is 0.102. The van der Waals surface area contributed by atoms with Gasteiger partial charge in [0, 0.05) is 23.4 Å². The summed E-state index contributed by atoms with van der Waals surface area (Å²) >= 11 is 5.50. The second-order valence-electron chi connectivity index (χ2n) is 8.59. The Labute approximate surface area is 205 Å². The van der Waals surface area contributed by atoms with Crippen molar-refractivity contribution in [2.45, 2.75) is 78.6 Å². The van der Waals surface area contributed by atoms with Crippen molar-refractivity contribution in [1.82, 2.24) is 5.32 Å². The molecular weight excluding hydrogens is 428 g/mol. The lowest BCUT2D eigenvalue weighted by Crippen LogP contribution is -2.23. The van der Waals surface area contributed by atoms with Crippen LogP contribution in [0.25, 0.3) is 0 Å². The summed E-state index contributed by atoms with van der Waals surface area (Å²) in [5.74, 6) is 0.665. The van der Waals surface area contributed by atoms with Crippen molar-refractivity contribution in [2.75, 3.05) is 18.5 Å². The molecule has 2 aromatic carbocycles. The molecule has 0 saturated heterocycles. The summed E-state index contributed by atoms with van der Waals surface area (Å²) in [6, 6.07) is 13.3. The Balaban J connectivity index is 1.83. The first-order chi connectivity index (χ1) is 16.0. The van der Waals surface area contributed by atoms with Crippen molar-refractivity contribution < 1.29 is 9.53 Å². The molecule has 0 aliphatic rings. The Morgan fingerprint density at radius 3 is 2.18 bits per heavy atom. The van der Waals surface area contributed by atoms with E-state index < -0.39 is 0 Å². The minimum atomic E-state index is -0.140. The molecule has 1 amide bonds. The molecule has 2 rings (SSSR count). The van der Waals surface area contributed by atoms with Crippen LogP contribution in [0.2, 0.25) is 0 Å². The van der Waals surface area contributed by atoms with Crippen LogP contribution in [0.4, 0.5) is 5.69 Å². The number of unbranched alkanes of at least 4 members (excludes halogenated alkanes) is 7. The summed E-state index contributed by atoms with van der Waals surface area (Å²) in [7, 11) is 0. The van der Waals surface area contributed by atoms with Gasteiger partial charge < -0.3 is 15.4 Å². The van der Waals surface area contributed by atoms with Gasteiger partial charge in [-0.2, -0.15) is 0 Å². The third-order valence-corrected chi connectivity index (χ3v) is 6.08. The molecule has 0 heterocycles. The van der Waals surface area contributed by atoms with E-state index >= 15 is 0 Å². The molecule has 180 valence electrons. The summed E-state index contributed by atoms with van der Waals surface area (Å²) in [6.45, 7) is 7.95. The highest BCUT2D eigenvalue weighted by atomic mass is 32.1. The summed E-state index contributed by atoms with van der Waals surface area (Å²) in [6.07, 6.45) is 11.0. The number of carbonyl (C=O) groups excluding carboxylic acids is 1. The van der Waals surface area contributed by atoms with Gasteiger partial charge in [-0.25, -0.2) is 0 Å². The van der Waals surface area contributed by atoms with Crippen molar-refractivity contribution in [3.63, 3.8) is 0 Å². The zero-order valence-corrected chi connectivity index (χ0v) is 21.4. The fourth-order valence-corrected chi connectivity index (χ4v) is 3.75. The number of ether oxygens (including phenoxy) is 1. The van der Waals surface area contributed by atoms with Gasteiger partial charge in [-0.3, -0.25) is 4.79 Å². The molecule has 4 nitrogen and oxygen atoms in total. The molecule has 0 bridgehead atoms. The Bertz CT molecular complexity index is 865. The topological polar surface area (TPSA) is 50.4 Å². The monoisotopic (exact) mass is 468 g/mol. The zero-order valence-electron chi connectivity index (χ0n) is 20.5. The fraction of sp³-hybridized carbons (Fsp3) is 0.500. The van der Waals surface area contributed by atoms with Crippen LogP contribution < -0.4 is 15.4 Å². The summed E-state index contributed by atoms with van der Waals surface area (Å²) in [4.78, 5) is 13.5. The van der Waals surface area contributed by atoms with Gasteiger partial charge in [0.05, 0.1) is 6.61 Å². The molecule has 0 saturated carbocycles. The van der Waals surface area contributed by atoms with E-state index in [0.29, 0.717) is 10.6 Å². The highest BCUT2D eigenvalue weighted by Crippen LogP contribution is 2.20. The zero-order chi connectivity index (χ0) is 23.9. The molecule has 33 heavy (non-hydrogen) atoms. The smallest absolute Gasteiger partial charge is 0.255 e. The summed E-state index contributed by atoms with van der Waals surface area (Å²) in [5.41, 5.74) is 3.29. The minimum Gasteiger partial charge on any atom is -0.494 e. The van der Waals surface area contributed by atoms with Crippen LogP contribution in [0, 0.1) is 6.92 Å². The van der Waals surface area contributed by atoms with Crippen molar-refractivity contribution in [2.24, 2.45) is 0 Å². The Hall–Kier alpha value is -2.40. The van der Waals surface area contributed by atoms with Crippen molar-refractivity contribution in [3.8, 4) is 5.75 Å². The van der Waals surface area contributed by atoms with Crippen LogP contribution >= 0.6 is 12.2 Å². The molecule has 0 atom stereocenters. The average Bonchev–Trinajstić information content (AvgIpc) is 2.82. The Morgan fingerprint density at radius 2 is 1.48 bits per heavy atom. The van der Waals surface area contributed by atoms with Gasteiger partial charge in [-0.05, 0) is 55.7 Å². The van der Waals surface area contributed by atoms with Gasteiger partial charge >= 0.3 is 0 Å². The molecule has 0 aliphatic heterocycles. The van der Waals surface area contributed by atoms with Crippen LogP contribution in [-0.4, -0.2) is 24.0 Å². The molecule has 5 heteroatoms. The molecular formula is C28H40N2O2S. The van der Waals surface area contributed by atoms with Gasteiger partial charge in [0.25, 0.3) is 5.91 Å². The first-order valence-corrected chi connectivity index (χ1v) is 12.9. The molecule has 2 aromatic rings. The van der Waals surface area contributed by atoms with Crippen LogP contribution in [0.15, 0.2) is 42.5 Å². The van der Waals surface area contributed by atoms with E-state index in [1.54, 1.807) is 0 Å². The lowest BCUT2D eigenvalue weighted by Gasteiger charge is -2.13. The maximum Gasteiger partial charge on any atom is 0.255 e. The van der Waals surface area contributed by atoms with Gasteiger partial charge in [0.2, 0.25) is 0 Å². The van der Waals surface area contributed by atoms with Crippen LogP contribution in [-0.2, 0) is 0 Å². The molecule has 0 radical (unpaired) electrons. The SMILES string of the molecule is CCCCCCCCCOc1ccc(C(=O)Nc2cc(C(=S)NCCCC)ccc2C)cc1. The van der Waals surface area contributed by atoms with Crippen LogP contribution in [0.3, 0.4) is 0 Å². The lowest BCUT2D eigenvalue weighted by atomic mass is 10.1. The first kappa shape index (κ1) is 26.8. The number of rotatable bonds is 15. The molecule has 0 spiro atoms. The standard InChI is InChI=1S/C28H40N2O2S/c1-4-6-8-9-10-11-12-20-32-25-17-15-23(16-18-25)27(31)30-26-21-24(14-13-22(26)3)28(33)29-19-7-5-2/h13-18,21H,4-12,19-20H2,1-3H3,(H,29,33)(H,30,31). The van der Waals surface area contributed by atoms with E-state index in [0.717, 1.165) is 55.0 Å². The van der Waals surface area contributed by atoms with E-state index in [2.05, 4.69) is 24.5 Å². The normalized spacial score (nSPS) is 10.6. The van der Waals surface area contributed by atoms with E-state index in [-0.39, 0.29) is 5.91 Å². The molecule has 0 fully saturated rings. The number of aryl methyl sites for hydroxylation is 1. The second kappa shape index (κ2) is 15.4. The number of nitrogens with one attached hydrogen (secondary N) is 2. The van der Waals surface area contributed by atoms with E-state index in [4.69, 9.17) is 17.0 Å². The van der Waals surface area contributed by atoms with E-state index in [9.17, 15) is 4.79 Å². The van der Waals surface area contributed by atoms with Crippen LogP contribution in [0.1, 0.15) is 93.1 Å². The molecule has 0 aromatic heterocycles. The molecule has 0 unspecified atom stereocenters. The summed E-state index contributed by atoms with van der Waals surface area (Å²) in [5, 5.41) is 6.30. The van der Waals surface area contributed by atoms with Crippen molar-refractivity contribution in [1.29, 1.82) is 0 Å². The molecule has 0 aliphatic carbocycles. The maximum absolute atomic E-state index is 12.8. The Morgan fingerprint density at radius 1 is 0.848 bits per heavy atom. The number of amides is 1. The number of hydrogen-bond acceptors (Lipinski definition) is 3. The molecule has 2 N–H and O–H groups in total. The van der Waals surface area contributed by atoms with E-state index in [1.807, 2.05) is 49.4 Å². The number of benzene rings is 2. The quantitative estimate of drug-likeness (QED) is 0.211. The third kappa shape index (κ3) is 9.95. The second-order valence-corrected chi connectivity index (χ2v) is 9.00. The van der Waals surface area contributed by atoms with Gasteiger partial charge in [0.1, 0.15) is 10.7 Å². The number of carbonyl (C=O) groups is 1.